The van der Waals surface area contributed by atoms with Crippen molar-refractivity contribution in [1.29, 1.82) is 0 Å². The van der Waals surface area contributed by atoms with Crippen LogP contribution in [0.2, 0.25) is 0 Å². The highest BCUT2D eigenvalue weighted by molar-refractivity contribution is 5.89. The van der Waals surface area contributed by atoms with Crippen LogP contribution in [0.4, 0.5) is 0 Å². The SMILES string of the molecule is C=Cc1ccc(C(=O)OCCC(O)CC)cc1. The maximum atomic E-state index is 11.6. The number of benzene rings is 1. The van der Waals surface area contributed by atoms with Crippen LogP contribution < -0.4 is 0 Å². The third kappa shape index (κ3) is 4.41. The van der Waals surface area contributed by atoms with Gasteiger partial charge in [0, 0.05) is 6.42 Å². The van der Waals surface area contributed by atoms with E-state index in [1.54, 1.807) is 18.2 Å². The Balaban J connectivity index is 2.44. The Morgan fingerprint density at radius 1 is 1.47 bits per heavy atom. The van der Waals surface area contributed by atoms with E-state index < -0.39 is 6.10 Å². The zero-order valence-corrected chi connectivity index (χ0v) is 10.1. The van der Waals surface area contributed by atoms with Gasteiger partial charge in [-0.3, -0.25) is 0 Å². The number of rotatable bonds is 6. The van der Waals surface area contributed by atoms with Crippen molar-refractivity contribution in [2.24, 2.45) is 0 Å². The molecule has 0 spiro atoms. The Hall–Kier alpha value is -1.61. The molecule has 0 aliphatic rings. The van der Waals surface area contributed by atoms with Gasteiger partial charge in [0.2, 0.25) is 0 Å². The van der Waals surface area contributed by atoms with Gasteiger partial charge in [0.15, 0.2) is 0 Å². The van der Waals surface area contributed by atoms with Crippen LogP contribution in [-0.2, 0) is 4.74 Å². The molecule has 1 rings (SSSR count). The summed E-state index contributed by atoms with van der Waals surface area (Å²) in [6.07, 6.45) is 2.47. The van der Waals surface area contributed by atoms with E-state index in [4.69, 9.17) is 4.74 Å². The van der Waals surface area contributed by atoms with Gasteiger partial charge in [-0.25, -0.2) is 4.79 Å². The van der Waals surface area contributed by atoms with Crippen molar-refractivity contribution in [3.05, 3.63) is 42.0 Å². The Bertz CT molecular complexity index is 368. The number of hydrogen-bond acceptors (Lipinski definition) is 3. The van der Waals surface area contributed by atoms with E-state index in [0.29, 0.717) is 18.4 Å². The maximum absolute atomic E-state index is 11.6. The summed E-state index contributed by atoms with van der Waals surface area (Å²) < 4.78 is 5.05. The third-order valence-electron chi connectivity index (χ3n) is 2.54. The molecular weight excluding hydrogens is 216 g/mol. The van der Waals surface area contributed by atoms with Crippen molar-refractivity contribution >= 4 is 12.0 Å². The first-order chi connectivity index (χ1) is 8.17. The van der Waals surface area contributed by atoms with E-state index in [2.05, 4.69) is 6.58 Å². The highest BCUT2D eigenvalue weighted by atomic mass is 16.5. The van der Waals surface area contributed by atoms with E-state index in [1.165, 1.54) is 0 Å². The van der Waals surface area contributed by atoms with Gasteiger partial charge in [0.05, 0.1) is 18.3 Å². The number of aliphatic hydroxyl groups is 1. The molecule has 0 aliphatic carbocycles. The number of carbonyl (C=O) groups is 1. The lowest BCUT2D eigenvalue weighted by Gasteiger charge is -2.08. The van der Waals surface area contributed by atoms with Crippen molar-refractivity contribution in [2.45, 2.75) is 25.9 Å². The standard InChI is InChI=1S/C14H18O3/c1-3-11-5-7-12(8-6-11)14(16)17-10-9-13(15)4-2/h3,5-8,13,15H,1,4,9-10H2,2H3. The zero-order valence-electron chi connectivity index (χ0n) is 10.1. The van der Waals surface area contributed by atoms with E-state index in [1.807, 2.05) is 19.1 Å². The molecule has 0 aromatic heterocycles. The molecule has 0 heterocycles. The van der Waals surface area contributed by atoms with Crippen LogP contribution >= 0.6 is 0 Å². The summed E-state index contributed by atoms with van der Waals surface area (Å²) in [5.41, 5.74) is 1.48. The van der Waals surface area contributed by atoms with E-state index >= 15 is 0 Å². The Morgan fingerprint density at radius 2 is 2.12 bits per heavy atom. The second kappa shape index (κ2) is 6.86. The van der Waals surface area contributed by atoms with Gasteiger partial charge in [-0.15, -0.1) is 0 Å². The molecule has 1 N–H and O–H groups in total. The summed E-state index contributed by atoms with van der Waals surface area (Å²) in [5.74, 6) is -0.357. The molecule has 1 aromatic rings. The van der Waals surface area contributed by atoms with Crippen LogP contribution in [0.25, 0.3) is 6.08 Å². The number of esters is 1. The summed E-state index contributed by atoms with van der Waals surface area (Å²) in [5, 5.41) is 9.31. The second-order valence-corrected chi connectivity index (χ2v) is 3.81. The molecule has 17 heavy (non-hydrogen) atoms. The minimum absolute atomic E-state index is 0.247. The molecule has 1 atom stereocenters. The minimum Gasteiger partial charge on any atom is -0.462 e. The van der Waals surface area contributed by atoms with Crippen LogP contribution in [0.5, 0.6) is 0 Å². The summed E-state index contributed by atoms with van der Waals surface area (Å²) >= 11 is 0. The molecule has 0 radical (unpaired) electrons. The highest BCUT2D eigenvalue weighted by Gasteiger charge is 2.07. The summed E-state index contributed by atoms with van der Waals surface area (Å²) in [6, 6.07) is 7.03. The van der Waals surface area contributed by atoms with Gasteiger partial charge in [0.25, 0.3) is 0 Å². The fourth-order valence-corrected chi connectivity index (χ4v) is 1.33. The molecule has 1 unspecified atom stereocenters. The smallest absolute Gasteiger partial charge is 0.338 e. The number of hydrogen-bond donors (Lipinski definition) is 1. The predicted molar refractivity (Wildman–Crippen MR) is 67.7 cm³/mol. The molecule has 0 saturated heterocycles. The van der Waals surface area contributed by atoms with Crippen LogP contribution in [0.3, 0.4) is 0 Å². The first-order valence-electron chi connectivity index (χ1n) is 5.75. The highest BCUT2D eigenvalue weighted by Crippen LogP contribution is 2.07. The number of aliphatic hydroxyl groups excluding tert-OH is 1. The lowest BCUT2D eigenvalue weighted by atomic mass is 10.1. The van der Waals surface area contributed by atoms with E-state index in [0.717, 1.165) is 5.56 Å². The topological polar surface area (TPSA) is 46.5 Å². The van der Waals surface area contributed by atoms with Crippen LogP contribution in [0.15, 0.2) is 30.8 Å². The van der Waals surface area contributed by atoms with Crippen LogP contribution in [0, 0.1) is 0 Å². The number of carbonyl (C=O) groups excluding carboxylic acids is 1. The Labute approximate surface area is 102 Å². The number of ether oxygens (including phenoxy) is 1. The molecule has 92 valence electrons. The average Bonchev–Trinajstić information content (AvgIpc) is 2.38. The lowest BCUT2D eigenvalue weighted by molar-refractivity contribution is 0.0428. The lowest BCUT2D eigenvalue weighted by Crippen LogP contribution is -2.12. The van der Waals surface area contributed by atoms with Crippen molar-refractivity contribution in [3.63, 3.8) is 0 Å². The van der Waals surface area contributed by atoms with Crippen LogP contribution in [-0.4, -0.2) is 23.8 Å². The molecule has 0 aliphatic heterocycles. The predicted octanol–water partition coefficient (Wildman–Crippen LogP) is 2.65. The van der Waals surface area contributed by atoms with Gasteiger partial charge in [-0.1, -0.05) is 31.7 Å². The largest absolute Gasteiger partial charge is 0.462 e. The average molecular weight is 234 g/mol. The summed E-state index contributed by atoms with van der Waals surface area (Å²) in [7, 11) is 0. The van der Waals surface area contributed by atoms with Crippen molar-refractivity contribution in [3.8, 4) is 0 Å². The molecule has 3 heteroatoms. The molecular formula is C14H18O3. The molecule has 0 fully saturated rings. The first kappa shape index (κ1) is 13.5. The van der Waals surface area contributed by atoms with Crippen molar-refractivity contribution in [1.82, 2.24) is 0 Å². The zero-order chi connectivity index (χ0) is 12.7. The first-order valence-corrected chi connectivity index (χ1v) is 5.75. The summed E-state index contributed by atoms with van der Waals surface area (Å²) in [4.78, 5) is 11.6. The quantitative estimate of drug-likeness (QED) is 0.770. The normalized spacial score (nSPS) is 11.9. The van der Waals surface area contributed by atoms with E-state index in [-0.39, 0.29) is 12.6 Å². The van der Waals surface area contributed by atoms with E-state index in [9.17, 15) is 9.90 Å². The van der Waals surface area contributed by atoms with Gasteiger partial charge in [-0.05, 0) is 24.1 Å². The fraction of sp³-hybridized carbons (Fsp3) is 0.357. The molecule has 1 aromatic carbocycles. The second-order valence-electron chi connectivity index (χ2n) is 3.81. The molecule has 3 nitrogen and oxygen atoms in total. The molecule has 0 saturated carbocycles. The van der Waals surface area contributed by atoms with Gasteiger partial charge in [-0.2, -0.15) is 0 Å². The molecule has 0 bridgehead atoms. The Kier molecular flexibility index (Phi) is 5.43. The summed E-state index contributed by atoms with van der Waals surface area (Å²) in [6.45, 7) is 5.78. The van der Waals surface area contributed by atoms with Gasteiger partial charge < -0.3 is 9.84 Å². The maximum Gasteiger partial charge on any atom is 0.338 e. The van der Waals surface area contributed by atoms with Gasteiger partial charge >= 0.3 is 5.97 Å². The van der Waals surface area contributed by atoms with Crippen molar-refractivity contribution < 1.29 is 14.6 Å². The van der Waals surface area contributed by atoms with Crippen molar-refractivity contribution in [2.75, 3.05) is 6.61 Å². The minimum atomic E-state index is -0.397. The third-order valence-corrected chi connectivity index (χ3v) is 2.54. The van der Waals surface area contributed by atoms with Gasteiger partial charge in [0.1, 0.15) is 0 Å². The monoisotopic (exact) mass is 234 g/mol. The Morgan fingerprint density at radius 3 is 2.65 bits per heavy atom. The molecule has 0 amide bonds. The van der Waals surface area contributed by atoms with Crippen LogP contribution in [0.1, 0.15) is 35.7 Å². The fourth-order valence-electron chi connectivity index (χ4n) is 1.33.